The summed E-state index contributed by atoms with van der Waals surface area (Å²) in [5, 5.41) is 11.4. The van der Waals surface area contributed by atoms with Crippen LogP contribution in [0.25, 0.3) is 11.3 Å². The molecule has 2 heterocycles. The fraction of sp³-hybridized carbons (Fsp3) is 0.200. The quantitative estimate of drug-likeness (QED) is 0.706. The lowest BCUT2D eigenvalue weighted by Gasteiger charge is -2.42. The van der Waals surface area contributed by atoms with E-state index in [0.29, 0.717) is 11.5 Å². The highest BCUT2D eigenvalue weighted by Gasteiger charge is 2.42. The molecule has 1 aliphatic carbocycles. The van der Waals surface area contributed by atoms with Crippen molar-refractivity contribution < 1.29 is 13.6 Å². The number of pyridine rings is 1. The molecule has 2 aromatic heterocycles. The second-order valence-electron chi connectivity index (χ2n) is 6.76. The molecule has 4 rings (SSSR count). The van der Waals surface area contributed by atoms with Crippen LogP contribution in [0.15, 0.2) is 48.7 Å². The van der Waals surface area contributed by atoms with Gasteiger partial charge in [-0.1, -0.05) is 0 Å². The number of hydrogen-bond acceptors (Lipinski definition) is 5. The number of carbonyl (C=O) groups is 1. The molecule has 0 radical (unpaired) electrons. The van der Waals surface area contributed by atoms with Crippen LogP contribution in [0.5, 0.6) is 0 Å². The van der Waals surface area contributed by atoms with Gasteiger partial charge in [-0.05, 0) is 61.7 Å². The number of aromatic nitrogens is 3. The molecular weight excluding hydrogens is 364 g/mol. The van der Waals surface area contributed by atoms with Crippen LogP contribution in [0.4, 0.5) is 14.6 Å². The summed E-state index contributed by atoms with van der Waals surface area (Å²) in [4.78, 5) is 15.5. The summed E-state index contributed by atoms with van der Waals surface area (Å²) in [5.41, 5.74) is 5.55. The number of nitrogens with two attached hydrogens (primary N) is 1. The van der Waals surface area contributed by atoms with Gasteiger partial charge in [-0.15, -0.1) is 10.2 Å². The molecule has 0 atom stereocenters. The third-order valence-electron chi connectivity index (χ3n) is 4.98. The van der Waals surface area contributed by atoms with Crippen LogP contribution >= 0.6 is 0 Å². The number of hydrogen-bond donors (Lipinski definition) is 2. The Kier molecular flexibility index (Phi) is 4.46. The third kappa shape index (κ3) is 3.17. The topological polar surface area (TPSA) is 93.8 Å². The van der Waals surface area contributed by atoms with Gasteiger partial charge in [0.2, 0.25) is 5.91 Å². The molecule has 0 aliphatic heterocycles. The summed E-state index contributed by atoms with van der Waals surface area (Å²) in [5.74, 6) is -1.13. The molecule has 0 saturated heterocycles. The lowest BCUT2D eigenvalue weighted by molar-refractivity contribution is 0.100. The van der Waals surface area contributed by atoms with Crippen molar-refractivity contribution in [2.24, 2.45) is 5.73 Å². The van der Waals surface area contributed by atoms with Gasteiger partial charge < -0.3 is 11.1 Å². The molecule has 0 unspecified atom stereocenters. The van der Waals surface area contributed by atoms with E-state index < -0.39 is 17.3 Å². The number of halogens is 2. The van der Waals surface area contributed by atoms with Crippen molar-refractivity contribution >= 4 is 11.7 Å². The number of benzene rings is 1. The van der Waals surface area contributed by atoms with Gasteiger partial charge in [0.15, 0.2) is 0 Å². The normalized spacial score (nSPS) is 14.9. The summed E-state index contributed by atoms with van der Waals surface area (Å²) in [7, 11) is 0. The molecule has 8 heteroatoms. The lowest BCUT2D eigenvalue weighted by atomic mass is 9.74. The average Bonchev–Trinajstić information content (AvgIpc) is 2.66. The highest BCUT2D eigenvalue weighted by molar-refractivity contribution is 5.94. The fourth-order valence-corrected chi connectivity index (χ4v) is 3.35. The standard InChI is InChI=1S/C20H17F2N5O/c21-14-5-4-12(19(23)28)11-13(14)16-6-7-17(27-26-16)25-20(8-2-9-20)18-15(22)3-1-10-24-18/h1,3-7,10-11H,2,8-9H2,(H2,23,28)(H,25,27). The maximum atomic E-state index is 14.2. The molecule has 0 bridgehead atoms. The summed E-state index contributed by atoms with van der Waals surface area (Å²) < 4.78 is 28.4. The summed E-state index contributed by atoms with van der Waals surface area (Å²) in [6, 6.07) is 9.97. The Balaban J connectivity index is 1.62. The Morgan fingerprint density at radius 3 is 2.50 bits per heavy atom. The fourth-order valence-electron chi connectivity index (χ4n) is 3.35. The summed E-state index contributed by atoms with van der Waals surface area (Å²) in [6.07, 6.45) is 3.95. The monoisotopic (exact) mass is 381 g/mol. The first-order valence-electron chi connectivity index (χ1n) is 8.81. The van der Waals surface area contributed by atoms with Gasteiger partial charge in [0, 0.05) is 17.3 Å². The Bertz CT molecular complexity index is 1040. The van der Waals surface area contributed by atoms with Crippen molar-refractivity contribution in [3.63, 3.8) is 0 Å². The van der Waals surface area contributed by atoms with E-state index in [0.717, 1.165) is 25.3 Å². The summed E-state index contributed by atoms with van der Waals surface area (Å²) in [6.45, 7) is 0. The van der Waals surface area contributed by atoms with E-state index in [1.54, 1.807) is 24.4 Å². The van der Waals surface area contributed by atoms with Crippen molar-refractivity contribution in [3.8, 4) is 11.3 Å². The lowest BCUT2D eigenvalue weighted by Crippen LogP contribution is -2.43. The zero-order valence-electron chi connectivity index (χ0n) is 14.8. The Hall–Kier alpha value is -3.42. The van der Waals surface area contributed by atoms with Crippen molar-refractivity contribution in [1.29, 1.82) is 0 Å². The SMILES string of the molecule is NC(=O)c1ccc(F)c(-c2ccc(NC3(c4ncccc4F)CCC3)nn2)c1. The molecule has 28 heavy (non-hydrogen) atoms. The minimum Gasteiger partial charge on any atom is -0.366 e. The van der Waals surface area contributed by atoms with Gasteiger partial charge in [0.25, 0.3) is 0 Å². The number of primary amides is 1. The maximum Gasteiger partial charge on any atom is 0.248 e. The van der Waals surface area contributed by atoms with Crippen LogP contribution in [0.2, 0.25) is 0 Å². The number of nitrogens with zero attached hydrogens (tertiary/aromatic N) is 3. The van der Waals surface area contributed by atoms with Crippen molar-refractivity contribution in [3.05, 3.63) is 71.6 Å². The molecule has 3 N–H and O–H groups in total. The predicted molar refractivity (Wildman–Crippen MR) is 99.3 cm³/mol. The zero-order valence-corrected chi connectivity index (χ0v) is 14.8. The summed E-state index contributed by atoms with van der Waals surface area (Å²) >= 11 is 0. The van der Waals surface area contributed by atoms with E-state index in [4.69, 9.17) is 5.73 Å². The van der Waals surface area contributed by atoms with Gasteiger partial charge in [0.1, 0.15) is 23.1 Å². The first-order valence-corrected chi connectivity index (χ1v) is 8.81. The first kappa shape index (κ1) is 18.0. The molecular formula is C20H17F2N5O. The molecule has 1 aromatic carbocycles. The van der Waals surface area contributed by atoms with E-state index in [1.165, 1.54) is 18.2 Å². The van der Waals surface area contributed by atoms with Crippen LogP contribution in [-0.2, 0) is 5.54 Å². The van der Waals surface area contributed by atoms with E-state index >= 15 is 0 Å². The average molecular weight is 381 g/mol. The van der Waals surface area contributed by atoms with Gasteiger partial charge in [-0.25, -0.2) is 8.78 Å². The Morgan fingerprint density at radius 2 is 1.89 bits per heavy atom. The van der Waals surface area contributed by atoms with Gasteiger partial charge >= 0.3 is 0 Å². The molecule has 0 spiro atoms. The molecule has 1 aliphatic rings. The van der Waals surface area contributed by atoms with Gasteiger partial charge in [-0.3, -0.25) is 9.78 Å². The maximum absolute atomic E-state index is 14.2. The third-order valence-corrected chi connectivity index (χ3v) is 4.98. The zero-order chi connectivity index (χ0) is 19.7. The second-order valence-corrected chi connectivity index (χ2v) is 6.76. The highest BCUT2D eigenvalue weighted by atomic mass is 19.1. The van der Waals surface area contributed by atoms with Crippen molar-refractivity contribution in [1.82, 2.24) is 15.2 Å². The van der Waals surface area contributed by atoms with Crippen molar-refractivity contribution in [2.75, 3.05) is 5.32 Å². The van der Waals surface area contributed by atoms with Crippen LogP contribution in [-0.4, -0.2) is 21.1 Å². The van der Waals surface area contributed by atoms with Gasteiger partial charge in [-0.2, -0.15) is 0 Å². The van der Waals surface area contributed by atoms with Crippen LogP contribution in [0, 0.1) is 11.6 Å². The number of carbonyl (C=O) groups excluding carboxylic acids is 1. The number of rotatable bonds is 5. The van der Waals surface area contributed by atoms with E-state index in [-0.39, 0.29) is 22.6 Å². The molecule has 3 aromatic rings. The van der Waals surface area contributed by atoms with Crippen LogP contribution < -0.4 is 11.1 Å². The van der Waals surface area contributed by atoms with E-state index in [2.05, 4.69) is 20.5 Å². The largest absolute Gasteiger partial charge is 0.366 e. The molecule has 6 nitrogen and oxygen atoms in total. The van der Waals surface area contributed by atoms with E-state index in [1.807, 2.05) is 0 Å². The Morgan fingerprint density at radius 1 is 1.07 bits per heavy atom. The minimum atomic E-state index is -0.656. The highest BCUT2D eigenvalue weighted by Crippen LogP contribution is 2.43. The molecule has 1 saturated carbocycles. The number of nitrogens with one attached hydrogen (secondary N) is 1. The number of anilines is 1. The molecule has 142 valence electrons. The molecule has 1 fully saturated rings. The van der Waals surface area contributed by atoms with Crippen LogP contribution in [0.3, 0.4) is 0 Å². The van der Waals surface area contributed by atoms with Gasteiger partial charge in [0.05, 0.1) is 11.2 Å². The smallest absolute Gasteiger partial charge is 0.248 e. The second kappa shape index (κ2) is 6.95. The van der Waals surface area contributed by atoms with E-state index in [9.17, 15) is 13.6 Å². The van der Waals surface area contributed by atoms with Crippen molar-refractivity contribution in [2.45, 2.75) is 24.8 Å². The van der Waals surface area contributed by atoms with Crippen LogP contribution in [0.1, 0.15) is 35.3 Å². The first-order chi connectivity index (χ1) is 13.5. The Labute approximate surface area is 159 Å². The predicted octanol–water partition coefficient (Wildman–Crippen LogP) is 3.41. The molecule has 1 amide bonds. The minimum absolute atomic E-state index is 0.129. The number of amides is 1.